The first-order chi connectivity index (χ1) is 14.5. The van der Waals surface area contributed by atoms with Crippen LogP contribution in [0.3, 0.4) is 0 Å². The lowest BCUT2D eigenvalue weighted by Crippen LogP contribution is -2.06. The normalized spacial score (nSPS) is 11.0. The Hall–Kier alpha value is -2.91. The van der Waals surface area contributed by atoms with Crippen molar-refractivity contribution >= 4 is 34.0 Å². The van der Waals surface area contributed by atoms with E-state index in [2.05, 4.69) is 15.5 Å². The molecule has 1 N–H and O–H groups in total. The quantitative estimate of drug-likeness (QED) is 0.296. The summed E-state index contributed by atoms with van der Waals surface area (Å²) in [6.07, 6.45) is 1.62. The smallest absolute Gasteiger partial charge is 0.206 e. The van der Waals surface area contributed by atoms with Crippen molar-refractivity contribution < 1.29 is 13.6 Å². The van der Waals surface area contributed by atoms with Gasteiger partial charge in [-0.1, -0.05) is 35.2 Å². The Bertz CT molecular complexity index is 1170. The van der Waals surface area contributed by atoms with Crippen molar-refractivity contribution in [2.45, 2.75) is 24.7 Å². The van der Waals surface area contributed by atoms with Crippen LogP contribution in [0.5, 0.6) is 0 Å². The number of rotatable bonds is 8. The van der Waals surface area contributed by atoms with E-state index in [9.17, 15) is 9.18 Å². The SMILES string of the molecule is Cc1cc(C(=O)CSc2nnc(NCc3ccco3)s2)c(C)n1-c1ccccc1F. The molecule has 0 aliphatic heterocycles. The number of aromatic nitrogens is 3. The van der Waals surface area contributed by atoms with Gasteiger partial charge in [0.05, 0.1) is 24.2 Å². The van der Waals surface area contributed by atoms with Crippen molar-refractivity contribution in [2.75, 3.05) is 11.1 Å². The number of benzene rings is 1. The average Bonchev–Trinajstić information content (AvgIpc) is 3.47. The number of carbonyl (C=O) groups excluding carboxylic acids is 1. The van der Waals surface area contributed by atoms with Crippen molar-refractivity contribution in [3.05, 3.63) is 77.3 Å². The third-order valence-electron chi connectivity index (χ3n) is 4.55. The maximum atomic E-state index is 14.2. The minimum absolute atomic E-state index is 0.0315. The van der Waals surface area contributed by atoms with E-state index in [1.165, 1.54) is 29.2 Å². The molecule has 0 saturated heterocycles. The van der Waals surface area contributed by atoms with Crippen LogP contribution in [0.2, 0.25) is 0 Å². The molecular formula is C21H19FN4O2S2. The molecule has 9 heteroatoms. The van der Waals surface area contributed by atoms with Gasteiger partial charge >= 0.3 is 0 Å². The maximum absolute atomic E-state index is 14.2. The summed E-state index contributed by atoms with van der Waals surface area (Å²) in [5.74, 6) is 0.681. The monoisotopic (exact) mass is 442 g/mol. The Labute approximate surface area is 181 Å². The number of anilines is 1. The molecular weight excluding hydrogens is 423 g/mol. The summed E-state index contributed by atoms with van der Waals surface area (Å²) in [4.78, 5) is 12.8. The van der Waals surface area contributed by atoms with Crippen LogP contribution in [0, 0.1) is 19.7 Å². The van der Waals surface area contributed by atoms with Crippen molar-refractivity contribution in [3.8, 4) is 5.69 Å². The number of hydrogen-bond donors (Lipinski definition) is 1. The summed E-state index contributed by atoms with van der Waals surface area (Å²) in [7, 11) is 0. The van der Waals surface area contributed by atoms with E-state index in [1.807, 2.05) is 26.0 Å². The fraction of sp³-hybridized carbons (Fsp3) is 0.190. The fourth-order valence-electron chi connectivity index (χ4n) is 3.17. The van der Waals surface area contributed by atoms with Gasteiger partial charge in [0.1, 0.15) is 11.6 Å². The highest BCUT2D eigenvalue weighted by molar-refractivity contribution is 8.01. The topological polar surface area (TPSA) is 73.0 Å². The minimum atomic E-state index is -0.323. The van der Waals surface area contributed by atoms with Crippen molar-refractivity contribution in [1.29, 1.82) is 0 Å². The number of nitrogens with zero attached hydrogens (tertiary/aromatic N) is 3. The number of nitrogens with one attached hydrogen (secondary N) is 1. The second kappa shape index (κ2) is 8.85. The first-order valence-electron chi connectivity index (χ1n) is 9.22. The van der Waals surface area contributed by atoms with Gasteiger partial charge in [0, 0.05) is 17.0 Å². The Morgan fingerprint density at radius 2 is 2.07 bits per heavy atom. The number of thioether (sulfide) groups is 1. The minimum Gasteiger partial charge on any atom is -0.467 e. The number of furan rings is 1. The lowest BCUT2D eigenvalue weighted by molar-refractivity contribution is 0.102. The van der Waals surface area contributed by atoms with Gasteiger partial charge < -0.3 is 14.3 Å². The molecule has 0 radical (unpaired) electrons. The Kier molecular flexibility index (Phi) is 6.01. The number of para-hydroxylation sites is 1. The van der Waals surface area contributed by atoms with Gasteiger partial charge in [0.2, 0.25) is 5.13 Å². The summed E-state index contributed by atoms with van der Waals surface area (Å²) in [5, 5.41) is 12.0. The highest BCUT2D eigenvalue weighted by Crippen LogP contribution is 2.28. The summed E-state index contributed by atoms with van der Waals surface area (Å²) in [5.41, 5.74) is 2.56. The third-order valence-corrected chi connectivity index (χ3v) is 6.57. The van der Waals surface area contributed by atoms with Crippen LogP contribution < -0.4 is 5.32 Å². The van der Waals surface area contributed by atoms with Crippen LogP contribution >= 0.6 is 23.1 Å². The molecule has 0 unspecified atom stereocenters. The third kappa shape index (κ3) is 4.31. The number of Topliss-reactive ketones (excluding diaryl/α,β-unsaturated/α-hetero) is 1. The van der Waals surface area contributed by atoms with Crippen LogP contribution in [0.4, 0.5) is 9.52 Å². The number of ketones is 1. The Morgan fingerprint density at radius 1 is 1.23 bits per heavy atom. The highest BCUT2D eigenvalue weighted by Gasteiger charge is 2.19. The summed E-state index contributed by atoms with van der Waals surface area (Å²) >= 11 is 2.72. The predicted molar refractivity (Wildman–Crippen MR) is 116 cm³/mol. The fourth-order valence-corrected chi connectivity index (χ4v) is 4.80. The van der Waals surface area contributed by atoms with E-state index in [-0.39, 0.29) is 17.4 Å². The van der Waals surface area contributed by atoms with E-state index < -0.39 is 0 Å². The van der Waals surface area contributed by atoms with Gasteiger partial charge in [-0.25, -0.2) is 4.39 Å². The van der Waals surface area contributed by atoms with Crippen LogP contribution in [-0.4, -0.2) is 26.3 Å². The summed E-state index contributed by atoms with van der Waals surface area (Å²) in [6.45, 7) is 4.22. The van der Waals surface area contributed by atoms with Crippen molar-refractivity contribution in [2.24, 2.45) is 0 Å². The molecule has 4 aromatic rings. The number of halogens is 1. The van der Waals surface area contributed by atoms with E-state index in [0.717, 1.165) is 17.1 Å². The molecule has 30 heavy (non-hydrogen) atoms. The zero-order valence-electron chi connectivity index (χ0n) is 16.4. The number of carbonyl (C=O) groups is 1. The molecule has 0 amide bonds. The summed E-state index contributed by atoms with van der Waals surface area (Å²) < 4.78 is 22.0. The van der Waals surface area contributed by atoms with Gasteiger partial charge in [0.25, 0.3) is 0 Å². The lowest BCUT2D eigenvalue weighted by Gasteiger charge is -2.10. The molecule has 0 saturated carbocycles. The molecule has 0 atom stereocenters. The van der Waals surface area contributed by atoms with E-state index in [4.69, 9.17) is 4.42 Å². The maximum Gasteiger partial charge on any atom is 0.206 e. The second-order valence-corrected chi connectivity index (χ2v) is 8.79. The molecule has 3 aromatic heterocycles. The first-order valence-corrected chi connectivity index (χ1v) is 11.0. The lowest BCUT2D eigenvalue weighted by atomic mass is 10.2. The standard InChI is InChI=1S/C21H19FN4O2S2/c1-13-10-16(14(2)26(13)18-8-4-3-7-17(18)22)19(27)12-29-21-25-24-20(30-21)23-11-15-6-5-9-28-15/h3-10H,11-12H2,1-2H3,(H,23,24). The first kappa shape index (κ1) is 20.4. The molecule has 0 aliphatic carbocycles. The Balaban J connectivity index is 1.41. The van der Waals surface area contributed by atoms with E-state index in [0.29, 0.717) is 27.3 Å². The molecule has 3 heterocycles. The Morgan fingerprint density at radius 3 is 2.83 bits per heavy atom. The molecule has 6 nitrogen and oxygen atoms in total. The van der Waals surface area contributed by atoms with Crippen LogP contribution in [0.1, 0.15) is 27.5 Å². The van der Waals surface area contributed by atoms with Gasteiger partial charge in [-0.15, -0.1) is 10.2 Å². The molecule has 0 spiro atoms. The van der Waals surface area contributed by atoms with E-state index >= 15 is 0 Å². The molecule has 154 valence electrons. The predicted octanol–water partition coefficient (Wildman–Crippen LogP) is 5.26. The zero-order valence-corrected chi connectivity index (χ0v) is 18.0. The van der Waals surface area contributed by atoms with Crippen molar-refractivity contribution in [1.82, 2.24) is 14.8 Å². The van der Waals surface area contributed by atoms with Gasteiger partial charge in [0.15, 0.2) is 10.1 Å². The molecule has 0 bridgehead atoms. The summed E-state index contributed by atoms with van der Waals surface area (Å²) in [6, 6.07) is 12.1. The molecule has 0 fully saturated rings. The molecule has 4 rings (SSSR count). The average molecular weight is 443 g/mol. The highest BCUT2D eigenvalue weighted by atomic mass is 32.2. The van der Waals surface area contributed by atoms with Crippen molar-refractivity contribution in [3.63, 3.8) is 0 Å². The number of aryl methyl sites for hydroxylation is 1. The zero-order chi connectivity index (χ0) is 21.1. The number of hydrogen-bond acceptors (Lipinski definition) is 7. The molecule has 1 aromatic carbocycles. The second-order valence-electron chi connectivity index (χ2n) is 6.59. The van der Waals surface area contributed by atoms with Crippen LogP contribution in [0.25, 0.3) is 5.69 Å². The van der Waals surface area contributed by atoms with Gasteiger partial charge in [-0.05, 0) is 44.2 Å². The van der Waals surface area contributed by atoms with Crippen LogP contribution in [-0.2, 0) is 6.54 Å². The van der Waals surface area contributed by atoms with Gasteiger partial charge in [-0.3, -0.25) is 4.79 Å². The van der Waals surface area contributed by atoms with E-state index in [1.54, 1.807) is 35.1 Å². The largest absolute Gasteiger partial charge is 0.467 e. The van der Waals surface area contributed by atoms with Crippen LogP contribution in [0.15, 0.2) is 57.5 Å². The molecule has 0 aliphatic rings. The van der Waals surface area contributed by atoms with Gasteiger partial charge in [-0.2, -0.15) is 0 Å².